The first-order chi connectivity index (χ1) is 15.4. The van der Waals surface area contributed by atoms with Gasteiger partial charge in [-0.1, -0.05) is 26.5 Å². The maximum absolute atomic E-state index is 11.5. The predicted molar refractivity (Wildman–Crippen MR) is 134 cm³/mol. The molecule has 2 N–H and O–H groups in total. The molecular formula is C26H35N3O3. The minimum atomic E-state index is 0.0498. The highest BCUT2D eigenvalue weighted by molar-refractivity contribution is 5.97. The number of nitrogens with one attached hydrogen (secondary N) is 1. The van der Waals surface area contributed by atoms with Crippen LogP contribution in [0.5, 0.6) is 5.75 Å². The molecule has 1 aromatic heterocycles. The summed E-state index contributed by atoms with van der Waals surface area (Å²) in [6.07, 6.45) is 4.88. The Labute approximate surface area is 191 Å². The third-order valence-electron chi connectivity index (χ3n) is 4.26. The van der Waals surface area contributed by atoms with E-state index in [-0.39, 0.29) is 5.78 Å². The zero-order valence-corrected chi connectivity index (χ0v) is 19.8. The largest absolute Gasteiger partial charge is 0.516 e. The number of nitrogens with zero attached hydrogens (tertiary/aromatic N) is 2. The van der Waals surface area contributed by atoms with Crippen LogP contribution in [0.3, 0.4) is 0 Å². The SMILES string of the molecule is C=C/C=C/O.CC.CC(=O)c1ccc2nc(-c3ccc(OCCCN(C)C)cc3)[nH]c2c1. The molecule has 0 spiro atoms. The smallest absolute Gasteiger partial charge is 0.159 e. The number of hydrogen-bond donors (Lipinski definition) is 2. The van der Waals surface area contributed by atoms with Gasteiger partial charge >= 0.3 is 0 Å². The van der Waals surface area contributed by atoms with E-state index in [0.717, 1.165) is 47.4 Å². The first-order valence-electron chi connectivity index (χ1n) is 10.7. The second kappa shape index (κ2) is 14.6. The fourth-order valence-electron chi connectivity index (χ4n) is 2.71. The lowest BCUT2D eigenvalue weighted by molar-refractivity contribution is 0.101. The summed E-state index contributed by atoms with van der Waals surface area (Å²) in [5, 5.41) is 7.81. The number of allylic oxidation sites excluding steroid dienone is 2. The van der Waals surface area contributed by atoms with Gasteiger partial charge in [0.25, 0.3) is 0 Å². The summed E-state index contributed by atoms with van der Waals surface area (Å²) in [6.45, 7) is 10.6. The van der Waals surface area contributed by atoms with E-state index in [4.69, 9.17) is 9.84 Å². The van der Waals surface area contributed by atoms with Gasteiger partial charge in [0.2, 0.25) is 0 Å². The number of ether oxygens (including phenoxy) is 1. The molecule has 3 aromatic rings. The van der Waals surface area contributed by atoms with Crippen molar-refractivity contribution in [3.05, 3.63) is 73.0 Å². The molecule has 0 saturated heterocycles. The van der Waals surface area contributed by atoms with Gasteiger partial charge in [0.15, 0.2) is 5.78 Å². The van der Waals surface area contributed by atoms with Crippen molar-refractivity contribution in [3.8, 4) is 17.1 Å². The highest BCUT2D eigenvalue weighted by Gasteiger charge is 2.08. The van der Waals surface area contributed by atoms with E-state index >= 15 is 0 Å². The van der Waals surface area contributed by atoms with E-state index in [1.807, 2.05) is 50.2 Å². The number of aromatic amines is 1. The average Bonchev–Trinajstić information content (AvgIpc) is 3.23. The molecule has 6 nitrogen and oxygen atoms in total. The number of aromatic nitrogens is 2. The zero-order chi connectivity index (χ0) is 23.9. The number of Topliss-reactive ketones (excluding diaryl/α,β-unsaturated/α-hetero) is 1. The third-order valence-corrected chi connectivity index (χ3v) is 4.26. The Morgan fingerprint density at radius 2 is 1.88 bits per heavy atom. The van der Waals surface area contributed by atoms with Crippen molar-refractivity contribution in [3.63, 3.8) is 0 Å². The number of aliphatic hydroxyl groups is 1. The van der Waals surface area contributed by atoms with Crippen molar-refractivity contribution in [2.75, 3.05) is 27.2 Å². The molecule has 172 valence electrons. The van der Waals surface area contributed by atoms with Crippen LogP contribution in [-0.2, 0) is 0 Å². The van der Waals surface area contributed by atoms with Gasteiger partial charge in [-0.05, 0) is 76.0 Å². The molecular weight excluding hydrogens is 402 g/mol. The molecule has 6 heteroatoms. The number of hydrogen-bond acceptors (Lipinski definition) is 5. The van der Waals surface area contributed by atoms with Crippen molar-refractivity contribution in [2.24, 2.45) is 0 Å². The number of fused-ring (bicyclic) bond motifs is 1. The van der Waals surface area contributed by atoms with Gasteiger partial charge in [0, 0.05) is 17.7 Å². The van der Waals surface area contributed by atoms with Crippen LogP contribution < -0.4 is 4.74 Å². The van der Waals surface area contributed by atoms with Crippen molar-refractivity contribution >= 4 is 16.8 Å². The topological polar surface area (TPSA) is 78.5 Å². The van der Waals surface area contributed by atoms with Crippen molar-refractivity contribution in [1.82, 2.24) is 14.9 Å². The standard InChI is InChI=1S/C20H23N3O2.C4H6O.C2H6/c1-14(24)16-7-10-18-19(13-16)22-20(21-18)15-5-8-17(9-6-15)25-12-4-11-23(2)3;1-2-3-4-5;1-2/h5-10,13H,4,11-12H2,1-3H3,(H,21,22);2-5H,1H2;1-2H3/b;4-3+;. The van der Waals surface area contributed by atoms with Crippen LogP contribution in [0.15, 0.2) is 67.5 Å². The molecule has 0 fully saturated rings. The normalized spacial score (nSPS) is 10.3. The Kier molecular flexibility index (Phi) is 12.2. The molecule has 1 heterocycles. The monoisotopic (exact) mass is 437 g/mol. The number of rotatable bonds is 8. The van der Waals surface area contributed by atoms with Gasteiger partial charge in [0.05, 0.1) is 23.9 Å². The van der Waals surface area contributed by atoms with Crippen LogP contribution in [0.2, 0.25) is 0 Å². The van der Waals surface area contributed by atoms with E-state index < -0.39 is 0 Å². The van der Waals surface area contributed by atoms with E-state index in [0.29, 0.717) is 12.2 Å². The van der Waals surface area contributed by atoms with Crippen LogP contribution in [0.4, 0.5) is 0 Å². The molecule has 0 aliphatic carbocycles. The highest BCUT2D eigenvalue weighted by Crippen LogP contribution is 2.23. The number of aliphatic hydroxyl groups excluding tert-OH is 1. The van der Waals surface area contributed by atoms with Crippen LogP contribution >= 0.6 is 0 Å². The van der Waals surface area contributed by atoms with Crippen molar-refractivity contribution in [1.29, 1.82) is 0 Å². The van der Waals surface area contributed by atoms with Crippen LogP contribution in [-0.4, -0.2) is 53.0 Å². The van der Waals surface area contributed by atoms with Crippen molar-refractivity contribution in [2.45, 2.75) is 27.2 Å². The zero-order valence-electron chi connectivity index (χ0n) is 19.8. The Balaban J connectivity index is 0.000000646. The summed E-state index contributed by atoms with van der Waals surface area (Å²) in [6, 6.07) is 13.4. The third kappa shape index (κ3) is 8.78. The maximum Gasteiger partial charge on any atom is 0.159 e. The van der Waals surface area contributed by atoms with Gasteiger partial charge in [0.1, 0.15) is 11.6 Å². The van der Waals surface area contributed by atoms with Gasteiger partial charge in [-0.25, -0.2) is 4.98 Å². The average molecular weight is 438 g/mol. The Morgan fingerprint density at radius 3 is 2.41 bits per heavy atom. The quantitative estimate of drug-likeness (QED) is 0.195. The number of H-pyrrole nitrogens is 1. The summed E-state index contributed by atoms with van der Waals surface area (Å²) in [5.41, 5.74) is 3.39. The number of ketones is 1. The molecule has 0 atom stereocenters. The van der Waals surface area contributed by atoms with Gasteiger partial charge < -0.3 is 19.7 Å². The molecule has 2 aromatic carbocycles. The lowest BCUT2D eigenvalue weighted by Gasteiger charge is -2.10. The summed E-state index contributed by atoms with van der Waals surface area (Å²) in [5.74, 6) is 1.70. The molecule has 32 heavy (non-hydrogen) atoms. The minimum absolute atomic E-state index is 0.0498. The fraction of sp³-hybridized carbons (Fsp3) is 0.308. The van der Waals surface area contributed by atoms with E-state index in [2.05, 4.69) is 35.5 Å². The molecule has 0 saturated carbocycles. The fourth-order valence-corrected chi connectivity index (χ4v) is 2.71. The molecule has 0 radical (unpaired) electrons. The highest BCUT2D eigenvalue weighted by atomic mass is 16.5. The second-order valence-electron chi connectivity index (χ2n) is 6.98. The molecule has 0 amide bonds. The lowest BCUT2D eigenvalue weighted by atomic mass is 10.1. The van der Waals surface area contributed by atoms with Gasteiger partial charge in [-0.2, -0.15) is 0 Å². The molecule has 0 bridgehead atoms. The second-order valence-corrected chi connectivity index (χ2v) is 6.98. The molecule has 0 aliphatic heterocycles. The van der Waals surface area contributed by atoms with E-state index in [1.165, 1.54) is 12.2 Å². The van der Waals surface area contributed by atoms with Crippen LogP contribution in [0.25, 0.3) is 22.4 Å². The summed E-state index contributed by atoms with van der Waals surface area (Å²) in [4.78, 5) is 21.5. The van der Waals surface area contributed by atoms with Crippen LogP contribution in [0.1, 0.15) is 37.6 Å². The van der Waals surface area contributed by atoms with Crippen LogP contribution in [0, 0.1) is 0 Å². The first-order valence-corrected chi connectivity index (χ1v) is 10.7. The number of carbonyl (C=O) groups is 1. The Bertz CT molecular complexity index is 989. The number of benzene rings is 2. The lowest BCUT2D eigenvalue weighted by Crippen LogP contribution is -2.15. The van der Waals surface area contributed by atoms with Gasteiger partial charge in [-0.15, -0.1) is 0 Å². The summed E-state index contributed by atoms with van der Waals surface area (Å²) >= 11 is 0. The van der Waals surface area contributed by atoms with Crippen molar-refractivity contribution < 1.29 is 14.6 Å². The summed E-state index contributed by atoms with van der Waals surface area (Å²) in [7, 11) is 4.11. The molecule has 3 rings (SSSR count). The van der Waals surface area contributed by atoms with Gasteiger partial charge in [-0.3, -0.25) is 4.79 Å². The number of imidazole rings is 1. The van der Waals surface area contributed by atoms with E-state index in [1.54, 1.807) is 13.0 Å². The maximum atomic E-state index is 11.5. The minimum Gasteiger partial charge on any atom is -0.516 e. The Hall–Kier alpha value is -3.38. The first kappa shape index (κ1) is 26.7. The number of carbonyl (C=O) groups excluding carboxylic acids is 1. The molecule has 0 aliphatic rings. The summed E-state index contributed by atoms with van der Waals surface area (Å²) < 4.78 is 5.75. The molecule has 0 unspecified atom stereocenters. The van der Waals surface area contributed by atoms with E-state index in [9.17, 15) is 4.79 Å². The predicted octanol–water partition coefficient (Wildman–Crippen LogP) is 6.03. The Morgan fingerprint density at radius 1 is 1.19 bits per heavy atom.